The molecule has 206 valence electrons. The zero-order valence-corrected chi connectivity index (χ0v) is 22.9. The SMILES string of the molecule is CC(C)C=C(C#N)C(=O)N1CC2(CC2)CC1c1nc(-c2ccc(C(=O)Nc3ccccn3)cc2)c2c(N)nccn12. The van der Waals surface area contributed by atoms with E-state index in [0.717, 1.165) is 24.8 Å². The van der Waals surface area contributed by atoms with E-state index < -0.39 is 0 Å². The normalized spacial score (nSPS) is 17.7. The van der Waals surface area contributed by atoms with Crippen LogP contribution >= 0.6 is 0 Å². The highest BCUT2D eigenvalue weighted by Gasteiger charge is 2.55. The van der Waals surface area contributed by atoms with E-state index in [4.69, 9.17) is 10.7 Å². The first-order valence-electron chi connectivity index (χ1n) is 13.7. The van der Waals surface area contributed by atoms with Gasteiger partial charge in [-0.25, -0.2) is 15.0 Å². The average molecular weight is 547 g/mol. The molecule has 0 radical (unpaired) electrons. The Balaban J connectivity index is 1.37. The van der Waals surface area contributed by atoms with E-state index >= 15 is 0 Å². The molecule has 3 aromatic heterocycles. The van der Waals surface area contributed by atoms with Gasteiger partial charge < -0.3 is 16.0 Å². The number of likely N-dealkylation sites (tertiary alicyclic amines) is 1. The van der Waals surface area contributed by atoms with Gasteiger partial charge in [0.25, 0.3) is 11.8 Å². The minimum atomic E-state index is -0.319. The van der Waals surface area contributed by atoms with Crippen LogP contribution in [0.4, 0.5) is 11.6 Å². The summed E-state index contributed by atoms with van der Waals surface area (Å²) in [6, 6.07) is 14.2. The Hall–Kier alpha value is -5.04. The fourth-order valence-electron chi connectivity index (χ4n) is 5.61. The molecule has 1 spiro atoms. The second-order valence-corrected chi connectivity index (χ2v) is 11.2. The predicted molar refractivity (Wildman–Crippen MR) is 154 cm³/mol. The molecule has 3 N–H and O–H groups in total. The van der Waals surface area contributed by atoms with Crippen molar-refractivity contribution in [1.82, 2.24) is 24.3 Å². The van der Waals surface area contributed by atoms with Crippen molar-refractivity contribution >= 4 is 29.0 Å². The topological polar surface area (TPSA) is 142 Å². The Morgan fingerprint density at radius 1 is 1.15 bits per heavy atom. The standard InChI is InChI=1S/C31H30N8O2/c1-19(2)15-22(17-32)30(41)39-18-31(10-11-31)16-23(39)28-37-25(26-27(33)35-13-14-38(26)28)20-6-8-21(9-7-20)29(40)36-24-5-3-4-12-34-24/h3-9,12-15,19,23H,10-11,16,18H2,1-2H3,(H2,33,35)(H,34,36,40). The molecule has 41 heavy (non-hydrogen) atoms. The molecule has 1 aliphatic carbocycles. The van der Waals surface area contributed by atoms with Gasteiger partial charge in [-0.2, -0.15) is 5.26 Å². The number of anilines is 2. The number of hydrogen-bond donors (Lipinski definition) is 2. The summed E-state index contributed by atoms with van der Waals surface area (Å²) < 4.78 is 1.91. The zero-order chi connectivity index (χ0) is 28.7. The van der Waals surface area contributed by atoms with E-state index in [-0.39, 0.29) is 34.8 Å². The number of pyridine rings is 1. The molecule has 1 aliphatic heterocycles. The molecule has 0 bridgehead atoms. The molecule has 6 rings (SSSR count). The van der Waals surface area contributed by atoms with Crippen LogP contribution in [0.15, 0.2) is 72.7 Å². The quantitative estimate of drug-likeness (QED) is 0.262. The smallest absolute Gasteiger partial charge is 0.264 e. The molecule has 10 nitrogen and oxygen atoms in total. The van der Waals surface area contributed by atoms with E-state index in [0.29, 0.717) is 40.8 Å². The van der Waals surface area contributed by atoms with Crippen molar-refractivity contribution in [3.8, 4) is 17.3 Å². The van der Waals surface area contributed by atoms with Crippen molar-refractivity contribution in [2.24, 2.45) is 11.3 Å². The number of benzene rings is 1. The molecule has 1 saturated heterocycles. The third-order valence-corrected chi connectivity index (χ3v) is 7.81. The summed E-state index contributed by atoms with van der Waals surface area (Å²) in [7, 11) is 0. The molecule has 1 saturated carbocycles. The number of amides is 2. The Kier molecular flexibility index (Phi) is 6.50. The van der Waals surface area contributed by atoms with Crippen LogP contribution in [-0.2, 0) is 4.79 Å². The van der Waals surface area contributed by atoms with Gasteiger partial charge in [0.05, 0.1) is 6.04 Å². The molecule has 2 amide bonds. The summed E-state index contributed by atoms with van der Waals surface area (Å²) in [4.78, 5) is 41.7. The van der Waals surface area contributed by atoms with Gasteiger partial charge in [-0.15, -0.1) is 0 Å². The summed E-state index contributed by atoms with van der Waals surface area (Å²) in [5.41, 5.74) is 9.08. The zero-order valence-electron chi connectivity index (χ0n) is 22.9. The second-order valence-electron chi connectivity index (χ2n) is 11.2. The van der Waals surface area contributed by atoms with Crippen LogP contribution < -0.4 is 11.1 Å². The fourth-order valence-corrected chi connectivity index (χ4v) is 5.61. The third kappa shape index (κ3) is 4.91. The molecule has 1 unspecified atom stereocenters. The number of carbonyl (C=O) groups is 2. The van der Waals surface area contributed by atoms with Gasteiger partial charge in [0, 0.05) is 36.3 Å². The van der Waals surface area contributed by atoms with E-state index in [1.165, 1.54) is 0 Å². The average Bonchev–Trinajstić information content (AvgIpc) is 3.45. The van der Waals surface area contributed by atoms with Crippen LogP contribution in [0.5, 0.6) is 0 Å². The molecular weight excluding hydrogens is 516 g/mol. The van der Waals surface area contributed by atoms with Crippen LogP contribution in [0.2, 0.25) is 0 Å². The lowest BCUT2D eigenvalue weighted by Gasteiger charge is -2.24. The highest BCUT2D eigenvalue weighted by atomic mass is 16.2. The predicted octanol–water partition coefficient (Wildman–Crippen LogP) is 4.79. The van der Waals surface area contributed by atoms with Gasteiger partial charge in [-0.05, 0) is 54.9 Å². The van der Waals surface area contributed by atoms with Gasteiger partial charge in [0.2, 0.25) is 0 Å². The van der Waals surface area contributed by atoms with Gasteiger partial charge in [0.15, 0.2) is 0 Å². The lowest BCUT2D eigenvalue weighted by molar-refractivity contribution is -0.128. The molecular formula is C31H30N8O2. The molecule has 2 fully saturated rings. The number of nitrogen functional groups attached to an aromatic ring is 1. The van der Waals surface area contributed by atoms with Crippen molar-refractivity contribution < 1.29 is 9.59 Å². The Morgan fingerprint density at radius 3 is 2.59 bits per heavy atom. The lowest BCUT2D eigenvalue weighted by atomic mass is 10.0. The van der Waals surface area contributed by atoms with Crippen LogP contribution in [-0.4, -0.2) is 42.6 Å². The summed E-state index contributed by atoms with van der Waals surface area (Å²) in [5, 5.41) is 12.6. The number of carbonyl (C=O) groups excluding carboxylic acids is 2. The lowest BCUT2D eigenvalue weighted by Crippen LogP contribution is -2.33. The first kappa shape index (κ1) is 26.2. The molecule has 1 atom stereocenters. The van der Waals surface area contributed by atoms with Crippen LogP contribution in [0, 0.1) is 22.7 Å². The van der Waals surface area contributed by atoms with E-state index in [1.807, 2.05) is 41.5 Å². The first-order valence-corrected chi connectivity index (χ1v) is 13.7. The van der Waals surface area contributed by atoms with Crippen molar-refractivity contribution in [2.75, 3.05) is 17.6 Å². The number of hydrogen-bond acceptors (Lipinski definition) is 7. The highest BCUT2D eigenvalue weighted by molar-refractivity contribution is 6.04. The number of fused-ring (bicyclic) bond motifs is 1. The van der Waals surface area contributed by atoms with Gasteiger partial charge in [0.1, 0.15) is 40.3 Å². The van der Waals surface area contributed by atoms with Crippen molar-refractivity contribution in [3.05, 3.63) is 84.1 Å². The summed E-state index contributed by atoms with van der Waals surface area (Å²) >= 11 is 0. The fraction of sp³-hybridized carbons (Fsp3) is 0.290. The third-order valence-electron chi connectivity index (χ3n) is 7.81. The molecule has 4 heterocycles. The van der Waals surface area contributed by atoms with Gasteiger partial charge in [-0.1, -0.05) is 38.1 Å². The number of allylic oxidation sites excluding steroid dienone is 1. The number of nitrogens with zero attached hydrogens (tertiary/aromatic N) is 6. The van der Waals surface area contributed by atoms with Crippen LogP contribution in [0.3, 0.4) is 0 Å². The van der Waals surface area contributed by atoms with Crippen LogP contribution in [0.1, 0.15) is 55.3 Å². The minimum absolute atomic E-state index is 0.0614. The minimum Gasteiger partial charge on any atom is -0.382 e. The summed E-state index contributed by atoms with van der Waals surface area (Å²) in [5.74, 6) is 0.996. The van der Waals surface area contributed by atoms with E-state index in [9.17, 15) is 14.9 Å². The van der Waals surface area contributed by atoms with Crippen molar-refractivity contribution in [1.29, 1.82) is 5.26 Å². The van der Waals surface area contributed by atoms with Gasteiger partial charge in [-0.3, -0.25) is 14.0 Å². The molecule has 2 aliphatic rings. The number of nitrogens with two attached hydrogens (primary N) is 1. The Labute approximate surface area is 237 Å². The monoisotopic (exact) mass is 546 g/mol. The van der Waals surface area contributed by atoms with E-state index in [1.54, 1.807) is 48.8 Å². The number of rotatable bonds is 6. The maximum absolute atomic E-state index is 13.6. The second kappa shape index (κ2) is 10.2. The maximum Gasteiger partial charge on any atom is 0.264 e. The van der Waals surface area contributed by atoms with E-state index in [2.05, 4.69) is 21.4 Å². The highest BCUT2D eigenvalue weighted by Crippen LogP contribution is 2.58. The molecule has 10 heteroatoms. The number of imidazole rings is 1. The number of aromatic nitrogens is 4. The van der Waals surface area contributed by atoms with Crippen molar-refractivity contribution in [3.63, 3.8) is 0 Å². The Bertz CT molecular complexity index is 1710. The molecule has 1 aromatic carbocycles. The van der Waals surface area contributed by atoms with Crippen molar-refractivity contribution in [2.45, 2.75) is 39.2 Å². The largest absolute Gasteiger partial charge is 0.382 e. The summed E-state index contributed by atoms with van der Waals surface area (Å²) in [6.07, 6.45) is 9.63. The van der Waals surface area contributed by atoms with Gasteiger partial charge >= 0.3 is 0 Å². The Morgan fingerprint density at radius 2 is 1.93 bits per heavy atom. The van der Waals surface area contributed by atoms with Crippen LogP contribution in [0.25, 0.3) is 16.8 Å². The number of nitriles is 1. The summed E-state index contributed by atoms with van der Waals surface area (Å²) in [6.45, 7) is 4.50. The number of nitrogens with one attached hydrogen (secondary N) is 1. The molecule has 4 aromatic rings. The first-order chi connectivity index (χ1) is 19.8. The maximum atomic E-state index is 13.6.